The van der Waals surface area contributed by atoms with Crippen LogP contribution in [0.1, 0.15) is 32.6 Å². The molecule has 1 aliphatic carbocycles. The molecule has 1 fully saturated rings. The molecule has 70 valence electrons. The van der Waals surface area contributed by atoms with Crippen LogP contribution in [0.15, 0.2) is 0 Å². The molecule has 1 rings (SSSR count). The summed E-state index contributed by atoms with van der Waals surface area (Å²) in [6.45, 7) is 1.59. The molecule has 0 radical (unpaired) electrons. The molecule has 0 aromatic rings. The largest absolute Gasteiger partial charge is 0.354 e. The van der Waals surface area contributed by atoms with E-state index in [4.69, 9.17) is 0 Å². The van der Waals surface area contributed by atoms with E-state index in [9.17, 15) is 4.79 Å². The Hall–Kier alpha value is -0.0500. The topological polar surface area (TPSA) is 29.1 Å². The van der Waals surface area contributed by atoms with Crippen molar-refractivity contribution < 1.29 is 4.79 Å². The Labute approximate surface area is 82.2 Å². The lowest BCUT2D eigenvalue weighted by Crippen LogP contribution is -2.37. The van der Waals surface area contributed by atoms with Crippen LogP contribution in [0.2, 0.25) is 0 Å². The van der Waals surface area contributed by atoms with Crippen LogP contribution in [0.4, 0.5) is 0 Å². The minimum absolute atomic E-state index is 0.107. The van der Waals surface area contributed by atoms with Crippen molar-refractivity contribution in [3.05, 3.63) is 0 Å². The lowest BCUT2D eigenvalue weighted by Gasteiger charge is -2.28. The summed E-state index contributed by atoms with van der Waals surface area (Å²) in [6, 6.07) is 0.429. The zero-order chi connectivity index (χ0) is 8.97. The molecule has 2 atom stereocenters. The first-order valence-corrected chi connectivity index (χ1v) is 5.67. The van der Waals surface area contributed by atoms with Gasteiger partial charge in [0, 0.05) is 18.3 Å². The molecule has 0 aromatic carbocycles. The first-order chi connectivity index (χ1) is 5.72. The monoisotopic (exact) mass is 233 g/mol. The SMILES string of the molecule is CC(=O)NC1CCCC(CBr)C1. The van der Waals surface area contributed by atoms with Gasteiger partial charge in [-0.25, -0.2) is 0 Å². The van der Waals surface area contributed by atoms with Gasteiger partial charge < -0.3 is 5.32 Å². The molecule has 0 aromatic heterocycles. The van der Waals surface area contributed by atoms with E-state index in [1.54, 1.807) is 6.92 Å². The summed E-state index contributed by atoms with van der Waals surface area (Å²) >= 11 is 3.49. The highest BCUT2D eigenvalue weighted by atomic mass is 79.9. The molecule has 1 aliphatic rings. The van der Waals surface area contributed by atoms with E-state index in [1.165, 1.54) is 12.8 Å². The van der Waals surface area contributed by atoms with Gasteiger partial charge in [-0.1, -0.05) is 22.4 Å². The number of hydrogen-bond donors (Lipinski definition) is 1. The predicted molar refractivity (Wildman–Crippen MR) is 53.4 cm³/mol. The zero-order valence-corrected chi connectivity index (χ0v) is 9.06. The van der Waals surface area contributed by atoms with Crippen molar-refractivity contribution in [2.45, 2.75) is 38.6 Å². The molecule has 1 amide bonds. The molecular weight excluding hydrogens is 218 g/mol. The Morgan fingerprint density at radius 2 is 2.33 bits per heavy atom. The number of carbonyl (C=O) groups is 1. The molecule has 0 heterocycles. The van der Waals surface area contributed by atoms with Crippen LogP contribution in [0.3, 0.4) is 0 Å². The molecule has 2 unspecified atom stereocenters. The van der Waals surface area contributed by atoms with E-state index in [0.29, 0.717) is 6.04 Å². The fourth-order valence-corrected chi connectivity index (χ4v) is 2.44. The van der Waals surface area contributed by atoms with Crippen LogP contribution in [-0.4, -0.2) is 17.3 Å². The van der Waals surface area contributed by atoms with Crippen LogP contribution in [0.5, 0.6) is 0 Å². The molecular formula is C9H16BrNO. The summed E-state index contributed by atoms with van der Waals surface area (Å²) in [5.74, 6) is 0.867. The van der Waals surface area contributed by atoms with E-state index in [0.717, 1.165) is 24.1 Å². The minimum atomic E-state index is 0.107. The Balaban J connectivity index is 2.30. The fourth-order valence-electron chi connectivity index (χ4n) is 1.85. The highest BCUT2D eigenvalue weighted by Gasteiger charge is 2.21. The van der Waals surface area contributed by atoms with Gasteiger partial charge in [-0.2, -0.15) is 0 Å². The van der Waals surface area contributed by atoms with Gasteiger partial charge in [0.05, 0.1) is 0 Å². The van der Waals surface area contributed by atoms with Gasteiger partial charge in [0.1, 0.15) is 0 Å². The van der Waals surface area contributed by atoms with Crippen molar-refractivity contribution in [2.24, 2.45) is 5.92 Å². The van der Waals surface area contributed by atoms with Crippen molar-refractivity contribution in [1.82, 2.24) is 5.32 Å². The third-order valence-electron chi connectivity index (χ3n) is 2.41. The van der Waals surface area contributed by atoms with E-state index >= 15 is 0 Å². The minimum Gasteiger partial charge on any atom is -0.354 e. The van der Waals surface area contributed by atoms with Gasteiger partial charge in [-0.15, -0.1) is 0 Å². The van der Waals surface area contributed by atoms with Crippen molar-refractivity contribution in [2.75, 3.05) is 5.33 Å². The van der Waals surface area contributed by atoms with Crippen molar-refractivity contribution in [3.63, 3.8) is 0 Å². The maximum absolute atomic E-state index is 10.8. The van der Waals surface area contributed by atoms with Crippen LogP contribution < -0.4 is 5.32 Å². The smallest absolute Gasteiger partial charge is 0.217 e. The van der Waals surface area contributed by atoms with Crippen LogP contribution in [-0.2, 0) is 4.79 Å². The summed E-state index contributed by atoms with van der Waals surface area (Å²) in [7, 11) is 0. The molecule has 0 spiro atoms. The lowest BCUT2D eigenvalue weighted by molar-refractivity contribution is -0.119. The number of hydrogen-bond acceptors (Lipinski definition) is 1. The average Bonchev–Trinajstić information content (AvgIpc) is 2.03. The van der Waals surface area contributed by atoms with E-state index in [1.807, 2.05) is 0 Å². The number of carbonyl (C=O) groups excluding carboxylic acids is 1. The number of amides is 1. The van der Waals surface area contributed by atoms with Crippen LogP contribution >= 0.6 is 15.9 Å². The molecule has 1 saturated carbocycles. The van der Waals surface area contributed by atoms with Crippen molar-refractivity contribution in [1.29, 1.82) is 0 Å². The second-order valence-corrected chi connectivity index (χ2v) is 4.23. The van der Waals surface area contributed by atoms with Gasteiger partial charge in [-0.05, 0) is 25.2 Å². The van der Waals surface area contributed by atoms with E-state index in [-0.39, 0.29) is 5.91 Å². The standard InChI is InChI=1S/C9H16BrNO/c1-7(12)11-9-4-2-3-8(5-9)6-10/h8-9H,2-6H2,1H3,(H,11,12). The summed E-state index contributed by atoms with van der Waals surface area (Å²) < 4.78 is 0. The zero-order valence-electron chi connectivity index (χ0n) is 7.48. The van der Waals surface area contributed by atoms with Crippen molar-refractivity contribution >= 4 is 21.8 Å². The maximum Gasteiger partial charge on any atom is 0.217 e. The number of alkyl halides is 1. The maximum atomic E-state index is 10.8. The molecule has 0 bridgehead atoms. The highest BCUT2D eigenvalue weighted by molar-refractivity contribution is 9.09. The molecule has 0 saturated heterocycles. The Bertz CT molecular complexity index is 161. The molecule has 0 aliphatic heterocycles. The molecule has 1 N–H and O–H groups in total. The van der Waals surface area contributed by atoms with Gasteiger partial charge in [0.15, 0.2) is 0 Å². The van der Waals surface area contributed by atoms with Crippen molar-refractivity contribution in [3.8, 4) is 0 Å². The summed E-state index contributed by atoms with van der Waals surface area (Å²) in [5.41, 5.74) is 0. The Kier molecular flexibility index (Phi) is 4.06. The normalized spacial score (nSPS) is 29.8. The summed E-state index contributed by atoms with van der Waals surface area (Å²) in [5, 5.41) is 4.06. The predicted octanol–water partition coefficient (Wildman–Crippen LogP) is 2.08. The molecule has 2 nitrogen and oxygen atoms in total. The third-order valence-corrected chi connectivity index (χ3v) is 3.32. The average molecular weight is 234 g/mol. The number of rotatable bonds is 2. The Morgan fingerprint density at radius 1 is 1.58 bits per heavy atom. The summed E-state index contributed by atoms with van der Waals surface area (Å²) in [6.07, 6.45) is 4.86. The second kappa shape index (κ2) is 4.85. The second-order valence-electron chi connectivity index (χ2n) is 3.58. The van der Waals surface area contributed by atoms with E-state index in [2.05, 4.69) is 21.2 Å². The first kappa shape index (κ1) is 10.0. The van der Waals surface area contributed by atoms with E-state index < -0.39 is 0 Å². The molecule has 3 heteroatoms. The third kappa shape index (κ3) is 3.13. The number of nitrogens with one attached hydrogen (secondary N) is 1. The Morgan fingerprint density at radius 3 is 2.92 bits per heavy atom. The van der Waals surface area contributed by atoms with Gasteiger partial charge in [0.25, 0.3) is 0 Å². The fraction of sp³-hybridized carbons (Fsp3) is 0.889. The highest BCUT2D eigenvalue weighted by Crippen LogP contribution is 2.25. The van der Waals surface area contributed by atoms with Gasteiger partial charge >= 0.3 is 0 Å². The van der Waals surface area contributed by atoms with Gasteiger partial charge in [-0.3, -0.25) is 4.79 Å². The van der Waals surface area contributed by atoms with Gasteiger partial charge in [0.2, 0.25) is 5.91 Å². The van der Waals surface area contributed by atoms with Crippen LogP contribution in [0.25, 0.3) is 0 Å². The van der Waals surface area contributed by atoms with Crippen LogP contribution in [0, 0.1) is 5.92 Å². The quantitative estimate of drug-likeness (QED) is 0.728. The molecule has 12 heavy (non-hydrogen) atoms. The number of halogens is 1. The lowest BCUT2D eigenvalue weighted by atomic mass is 9.87. The summed E-state index contributed by atoms with van der Waals surface area (Å²) in [4.78, 5) is 10.8. The first-order valence-electron chi connectivity index (χ1n) is 4.55.